The van der Waals surface area contributed by atoms with Gasteiger partial charge in [0.1, 0.15) is 5.75 Å². The molecule has 2 aromatic rings. The minimum atomic E-state index is -0.510. The van der Waals surface area contributed by atoms with Crippen LogP contribution in [0.25, 0.3) is 0 Å². The maximum atomic E-state index is 11.0. The third-order valence-electron chi connectivity index (χ3n) is 2.65. The van der Waals surface area contributed by atoms with Gasteiger partial charge in [-0.1, -0.05) is 22.0 Å². The highest BCUT2D eigenvalue weighted by Crippen LogP contribution is 2.35. The van der Waals surface area contributed by atoms with E-state index in [1.165, 1.54) is 12.1 Å². The van der Waals surface area contributed by atoms with E-state index in [0.29, 0.717) is 15.8 Å². The second kappa shape index (κ2) is 5.72. The quantitative estimate of drug-likeness (QED) is 0.619. The first-order chi connectivity index (χ1) is 9.51. The molecule has 0 saturated carbocycles. The minimum Gasteiger partial charge on any atom is -0.450 e. The molecule has 0 saturated heterocycles. The van der Waals surface area contributed by atoms with E-state index in [1.54, 1.807) is 31.2 Å². The standard InChI is InChI=1S/C14H9BrN2O3/c1-9-2-3-10(8-16)6-14(9)20-13-5-4-11(15)7-12(13)17(18)19/h2-7H,1H3. The van der Waals surface area contributed by atoms with E-state index >= 15 is 0 Å². The van der Waals surface area contributed by atoms with E-state index in [2.05, 4.69) is 15.9 Å². The van der Waals surface area contributed by atoms with Gasteiger partial charge in [0.05, 0.1) is 16.6 Å². The number of hydrogen-bond donors (Lipinski definition) is 0. The SMILES string of the molecule is Cc1ccc(C#N)cc1Oc1ccc(Br)cc1[N+](=O)[O-]. The molecule has 5 nitrogen and oxygen atoms in total. The zero-order valence-electron chi connectivity index (χ0n) is 10.5. The van der Waals surface area contributed by atoms with Crippen LogP contribution >= 0.6 is 15.9 Å². The molecule has 0 heterocycles. The summed E-state index contributed by atoms with van der Waals surface area (Å²) < 4.78 is 6.18. The minimum absolute atomic E-state index is 0.136. The summed E-state index contributed by atoms with van der Waals surface area (Å²) in [4.78, 5) is 10.5. The number of ether oxygens (including phenoxy) is 1. The van der Waals surface area contributed by atoms with Crippen LogP contribution in [0, 0.1) is 28.4 Å². The van der Waals surface area contributed by atoms with Gasteiger partial charge in [-0.2, -0.15) is 5.26 Å². The molecule has 2 rings (SSSR count). The Kier molecular flexibility index (Phi) is 4.01. The van der Waals surface area contributed by atoms with Crippen LogP contribution in [0.3, 0.4) is 0 Å². The fourth-order valence-electron chi connectivity index (χ4n) is 1.62. The van der Waals surface area contributed by atoms with Crippen molar-refractivity contribution in [3.63, 3.8) is 0 Å². The Morgan fingerprint density at radius 1 is 1.25 bits per heavy atom. The van der Waals surface area contributed by atoms with Crippen LogP contribution < -0.4 is 4.74 Å². The number of nitrogens with zero attached hydrogens (tertiary/aromatic N) is 2. The largest absolute Gasteiger partial charge is 0.450 e. The molecule has 0 unspecified atom stereocenters. The van der Waals surface area contributed by atoms with Crippen LogP contribution in [0.4, 0.5) is 5.69 Å². The van der Waals surface area contributed by atoms with Gasteiger partial charge in [-0.3, -0.25) is 10.1 Å². The number of nitro groups is 1. The molecule has 0 atom stereocenters. The van der Waals surface area contributed by atoms with Crippen LogP contribution in [0.2, 0.25) is 0 Å². The number of aryl methyl sites for hydroxylation is 1. The molecule has 0 amide bonds. The van der Waals surface area contributed by atoms with Crippen LogP contribution in [-0.4, -0.2) is 4.92 Å². The maximum absolute atomic E-state index is 11.0. The molecule has 0 aliphatic carbocycles. The number of nitriles is 1. The molecular formula is C14H9BrN2O3. The zero-order valence-corrected chi connectivity index (χ0v) is 12.0. The molecule has 2 aromatic carbocycles. The summed E-state index contributed by atoms with van der Waals surface area (Å²) in [6, 6.07) is 11.5. The third-order valence-corrected chi connectivity index (χ3v) is 3.15. The number of rotatable bonds is 3. The lowest BCUT2D eigenvalue weighted by molar-refractivity contribution is -0.385. The summed E-state index contributed by atoms with van der Waals surface area (Å²) in [7, 11) is 0. The normalized spacial score (nSPS) is 9.85. The van der Waals surface area contributed by atoms with Crippen molar-refractivity contribution < 1.29 is 9.66 Å². The lowest BCUT2D eigenvalue weighted by Crippen LogP contribution is -1.95. The molecule has 0 aliphatic heterocycles. The smallest absolute Gasteiger partial charge is 0.312 e. The molecule has 0 radical (unpaired) electrons. The Morgan fingerprint density at radius 3 is 2.65 bits per heavy atom. The summed E-state index contributed by atoms with van der Waals surface area (Å²) in [5.74, 6) is 0.561. The Morgan fingerprint density at radius 2 is 2.00 bits per heavy atom. The van der Waals surface area contributed by atoms with Gasteiger partial charge < -0.3 is 4.74 Å². The number of hydrogen-bond acceptors (Lipinski definition) is 4. The predicted molar refractivity (Wildman–Crippen MR) is 76.8 cm³/mol. The van der Waals surface area contributed by atoms with Crippen molar-refractivity contribution in [1.82, 2.24) is 0 Å². The number of benzene rings is 2. The molecule has 6 heteroatoms. The van der Waals surface area contributed by atoms with Gasteiger partial charge >= 0.3 is 5.69 Å². The Labute approximate surface area is 123 Å². The van der Waals surface area contributed by atoms with Crippen molar-refractivity contribution >= 4 is 21.6 Å². The van der Waals surface area contributed by atoms with Crippen LogP contribution in [0.15, 0.2) is 40.9 Å². The number of nitro benzene ring substituents is 1. The second-order valence-electron chi connectivity index (χ2n) is 4.06. The lowest BCUT2D eigenvalue weighted by Gasteiger charge is -2.09. The summed E-state index contributed by atoms with van der Waals surface area (Å²) in [5.41, 5.74) is 1.09. The first kappa shape index (κ1) is 14.0. The third kappa shape index (κ3) is 2.95. The van der Waals surface area contributed by atoms with Crippen molar-refractivity contribution in [3.8, 4) is 17.6 Å². The fourth-order valence-corrected chi connectivity index (χ4v) is 1.97. The van der Waals surface area contributed by atoms with Gasteiger partial charge in [0.15, 0.2) is 0 Å². The van der Waals surface area contributed by atoms with Gasteiger partial charge in [-0.15, -0.1) is 0 Å². The summed E-state index contributed by atoms with van der Waals surface area (Å²) >= 11 is 3.18. The predicted octanol–water partition coefficient (Wildman–Crippen LogP) is 4.33. The summed E-state index contributed by atoms with van der Waals surface area (Å²) in [5, 5.41) is 19.9. The topological polar surface area (TPSA) is 76.2 Å². The van der Waals surface area contributed by atoms with E-state index in [-0.39, 0.29) is 11.4 Å². The molecule has 100 valence electrons. The summed E-state index contributed by atoms with van der Waals surface area (Å²) in [6.07, 6.45) is 0. The molecule has 0 fully saturated rings. The second-order valence-corrected chi connectivity index (χ2v) is 4.98. The van der Waals surface area contributed by atoms with Gasteiger partial charge in [0.2, 0.25) is 5.75 Å². The molecule has 0 N–H and O–H groups in total. The van der Waals surface area contributed by atoms with Crippen molar-refractivity contribution in [3.05, 3.63) is 62.1 Å². The maximum Gasteiger partial charge on any atom is 0.312 e. The Bertz CT molecular complexity index is 723. The molecule has 20 heavy (non-hydrogen) atoms. The molecule has 0 aromatic heterocycles. The van der Waals surface area contributed by atoms with Crippen LogP contribution in [-0.2, 0) is 0 Å². The monoisotopic (exact) mass is 332 g/mol. The van der Waals surface area contributed by atoms with E-state index < -0.39 is 4.92 Å². The first-order valence-corrected chi connectivity index (χ1v) is 6.43. The van der Waals surface area contributed by atoms with Gasteiger partial charge in [0.25, 0.3) is 0 Å². The zero-order chi connectivity index (χ0) is 14.7. The average Bonchev–Trinajstić information content (AvgIpc) is 2.42. The average molecular weight is 333 g/mol. The van der Waals surface area contributed by atoms with Crippen LogP contribution in [0.5, 0.6) is 11.5 Å². The van der Waals surface area contributed by atoms with Crippen LogP contribution in [0.1, 0.15) is 11.1 Å². The van der Waals surface area contributed by atoms with Crippen molar-refractivity contribution in [2.75, 3.05) is 0 Å². The fraction of sp³-hybridized carbons (Fsp3) is 0.0714. The highest BCUT2D eigenvalue weighted by molar-refractivity contribution is 9.10. The molecule has 0 bridgehead atoms. The van der Waals surface area contributed by atoms with E-state index in [0.717, 1.165) is 5.56 Å². The summed E-state index contributed by atoms with van der Waals surface area (Å²) in [6.45, 7) is 1.81. The Balaban J connectivity index is 2.45. The van der Waals surface area contributed by atoms with Gasteiger partial charge in [0, 0.05) is 10.5 Å². The van der Waals surface area contributed by atoms with Crippen molar-refractivity contribution in [1.29, 1.82) is 5.26 Å². The molecular weight excluding hydrogens is 324 g/mol. The highest BCUT2D eigenvalue weighted by atomic mass is 79.9. The molecule has 0 spiro atoms. The Hall–Kier alpha value is -2.39. The van der Waals surface area contributed by atoms with Crippen molar-refractivity contribution in [2.24, 2.45) is 0 Å². The van der Waals surface area contributed by atoms with E-state index in [9.17, 15) is 10.1 Å². The molecule has 0 aliphatic rings. The van der Waals surface area contributed by atoms with E-state index in [4.69, 9.17) is 10.00 Å². The van der Waals surface area contributed by atoms with Gasteiger partial charge in [-0.05, 0) is 36.8 Å². The number of halogens is 1. The highest BCUT2D eigenvalue weighted by Gasteiger charge is 2.17. The lowest BCUT2D eigenvalue weighted by atomic mass is 10.1. The first-order valence-electron chi connectivity index (χ1n) is 5.64. The van der Waals surface area contributed by atoms with E-state index in [1.807, 2.05) is 6.07 Å². The van der Waals surface area contributed by atoms with Crippen molar-refractivity contribution in [2.45, 2.75) is 6.92 Å². The van der Waals surface area contributed by atoms with Gasteiger partial charge in [-0.25, -0.2) is 0 Å².